The Morgan fingerprint density at radius 2 is 1.59 bits per heavy atom. The molecule has 0 aliphatic heterocycles. The molecule has 1 aromatic heterocycles. The molecule has 0 saturated carbocycles. The summed E-state index contributed by atoms with van der Waals surface area (Å²) >= 11 is 6.40. The first-order valence-corrected chi connectivity index (χ1v) is 9.12. The van der Waals surface area contributed by atoms with Crippen LogP contribution in [-0.2, 0) is 19.8 Å². The van der Waals surface area contributed by atoms with Crippen LogP contribution in [0.5, 0.6) is 5.75 Å². The van der Waals surface area contributed by atoms with Crippen molar-refractivity contribution in [2.75, 3.05) is 0 Å². The van der Waals surface area contributed by atoms with Crippen molar-refractivity contribution in [1.29, 1.82) is 0 Å². The van der Waals surface area contributed by atoms with Gasteiger partial charge < -0.3 is 14.4 Å². The molecule has 4 nitrogen and oxygen atoms in total. The highest BCUT2D eigenvalue weighted by Crippen LogP contribution is 2.31. The molecular weight excluding hydrogens is 360 g/mol. The lowest BCUT2D eigenvalue weighted by Crippen LogP contribution is -2.05. The third-order valence-electron chi connectivity index (χ3n) is 4.44. The number of hydrogen-bond acceptors (Lipinski definition) is 3. The van der Waals surface area contributed by atoms with Crippen molar-refractivity contribution in [1.82, 2.24) is 9.55 Å². The van der Waals surface area contributed by atoms with Gasteiger partial charge in [0.15, 0.2) is 0 Å². The molecule has 0 aliphatic carbocycles. The van der Waals surface area contributed by atoms with Gasteiger partial charge in [-0.1, -0.05) is 72.3 Å². The molecule has 1 heterocycles. The molecular formula is C22H19ClN2O2. The zero-order valence-corrected chi connectivity index (χ0v) is 15.4. The number of imidazole rings is 1. The zero-order chi connectivity index (χ0) is 18.6. The number of ether oxygens (including phenoxy) is 1. The quantitative estimate of drug-likeness (QED) is 0.523. The average molecular weight is 379 g/mol. The Labute approximate surface area is 162 Å². The summed E-state index contributed by atoms with van der Waals surface area (Å²) in [6, 6.07) is 23.7. The lowest BCUT2D eigenvalue weighted by Gasteiger charge is -2.11. The van der Waals surface area contributed by atoms with Gasteiger partial charge >= 0.3 is 0 Å². The summed E-state index contributed by atoms with van der Waals surface area (Å²) in [7, 11) is 0. The fourth-order valence-electron chi connectivity index (χ4n) is 3.09. The van der Waals surface area contributed by atoms with Gasteiger partial charge in [-0.3, -0.25) is 0 Å². The highest BCUT2D eigenvalue weighted by atomic mass is 35.5. The van der Waals surface area contributed by atoms with Crippen LogP contribution < -0.4 is 4.74 Å². The molecule has 0 unspecified atom stereocenters. The molecule has 136 valence electrons. The molecule has 0 saturated heterocycles. The highest BCUT2D eigenvalue weighted by Gasteiger charge is 2.14. The van der Waals surface area contributed by atoms with E-state index in [1.807, 2.05) is 59.2 Å². The maximum absolute atomic E-state index is 9.74. The van der Waals surface area contributed by atoms with Gasteiger partial charge in [-0.15, -0.1) is 0 Å². The van der Waals surface area contributed by atoms with Crippen molar-refractivity contribution in [3.8, 4) is 5.75 Å². The van der Waals surface area contributed by atoms with Gasteiger partial charge in [0.25, 0.3) is 0 Å². The van der Waals surface area contributed by atoms with Crippen LogP contribution in [0.3, 0.4) is 0 Å². The lowest BCUT2D eigenvalue weighted by molar-refractivity contribution is 0.267. The Morgan fingerprint density at radius 3 is 2.26 bits per heavy atom. The third kappa shape index (κ3) is 3.82. The fraction of sp³-hybridized carbons (Fsp3) is 0.136. The van der Waals surface area contributed by atoms with Gasteiger partial charge in [-0.05, 0) is 17.2 Å². The largest absolute Gasteiger partial charge is 0.487 e. The number of fused-ring (bicyclic) bond motifs is 1. The SMILES string of the molecule is OCc1nc2cc(Cl)c(OCc3ccccc3)cc2n1Cc1ccccc1. The molecule has 1 N–H and O–H groups in total. The summed E-state index contributed by atoms with van der Waals surface area (Å²) in [6.45, 7) is 0.915. The minimum atomic E-state index is -0.140. The van der Waals surface area contributed by atoms with Crippen LogP contribution in [0.25, 0.3) is 11.0 Å². The van der Waals surface area contributed by atoms with Crippen LogP contribution in [0.15, 0.2) is 72.8 Å². The van der Waals surface area contributed by atoms with E-state index >= 15 is 0 Å². The Hall–Kier alpha value is -2.82. The first kappa shape index (κ1) is 17.6. The predicted molar refractivity (Wildman–Crippen MR) is 107 cm³/mol. The molecule has 0 bridgehead atoms. The number of benzene rings is 3. The van der Waals surface area contributed by atoms with Crippen molar-refractivity contribution in [3.63, 3.8) is 0 Å². The smallest absolute Gasteiger partial charge is 0.140 e. The van der Waals surface area contributed by atoms with E-state index in [9.17, 15) is 5.11 Å². The number of aliphatic hydroxyl groups excluding tert-OH is 1. The van der Waals surface area contributed by atoms with Crippen LogP contribution in [0.1, 0.15) is 17.0 Å². The Bertz CT molecular complexity index is 1050. The molecule has 4 aromatic rings. The number of aliphatic hydroxyl groups is 1. The lowest BCUT2D eigenvalue weighted by atomic mass is 10.2. The van der Waals surface area contributed by atoms with E-state index in [0.717, 1.165) is 22.2 Å². The van der Waals surface area contributed by atoms with E-state index in [1.165, 1.54) is 0 Å². The highest BCUT2D eigenvalue weighted by molar-refractivity contribution is 6.32. The number of aromatic nitrogens is 2. The first-order valence-electron chi connectivity index (χ1n) is 8.75. The molecule has 5 heteroatoms. The molecule has 0 atom stereocenters. The van der Waals surface area contributed by atoms with Crippen LogP contribution in [0.2, 0.25) is 5.02 Å². The van der Waals surface area contributed by atoms with E-state index < -0.39 is 0 Å². The summed E-state index contributed by atoms with van der Waals surface area (Å²) in [5, 5.41) is 10.2. The van der Waals surface area contributed by atoms with Crippen molar-refractivity contribution in [2.45, 2.75) is 19.8 Å². The summed E-state index contributed by atoms with van der Waals surface area (Å²) in [4.78, 5) is 4.52. The third-order valence-corrected chi connectivity index (χ3v) is 4.74. The van der Waals surface area contributed by atoms with Crippen LogP contribution in [0, 0.1) is 0 Å². The summed E-state index contributed by atoms with van der Waals surface area (Å²) in [6.07, 6.45) is 0. The van der Waals surface area contributed by atoms with E-state index in [1.54, 1.807) is 6.07 Å². The van der Waals surface area contributed by atoms with E-state index in [2.05, 4.69) is 17.1 Å². The minimum absolute atomic E-state index is 0.140. The topological polar surface area (TPSA) is 47.3 Å². The normalized spacial score (nSPS) is 11.0. The summed E-state index contributed by atoms with van der Waals surface area (Å²) in [5.41, 5.74) is 3.83. The second-order valence-electron chi connectivity index (χ2n) is 6.30. The maximum Gasteiger partial charge on any atom is 0.140 e. The second-order valence-corrected chi connectivity index (χ2v) is 6.71. The minimum Gasteiger partial charge on any atom is -0.487 e. The van der Waals surface area contributed by atoms with Gasteiger partial charge in [-0.25, -0.2) is 4.98 Å². The predicted octanol–water partition coefficient (Wildman–Crippen LogP) is 4.81. The molecule has 27 heavy (non-hydrogen) atoms. The van der Waals surface area contributed by atoms with Gasteiger partial charge in [0.05, 0.1) is 16.1 Å². The van der Waals surface area contributed by atoms with Gasteiger partial charge in [0.2, 0.25) is 0 Å². The summed E-state index contributed by atoms with van der Waals surface area (Å²) in [5.74, 6) is 1.21. The molecule has 3 aromatic carbocycles. The monoisotopic (exact) mass is 378 g/mol. The maximum atomic E-state index is 9.74. The van der Waals surface area contributed by atoms with Crippen molar-refractivity contribution < 1.29 is 9.84 Å². The Morgan fingerprint density at radius 1 is 0.926 bits per heavy atom. The number of hydrogen-bond donors (Lipinski definition) is 1. The standard InChI is InChI=1S/C22H19ClN2O2/c23-18-11-19-20(12-21(18)27-15-17-9-5-2-6-10-17)25(22(14-26)24-19)13-16-7-3-1-4-8-16/h1-12,26H,13-15H2. The molecule has 0 spiro atoms. The van der Waals surface area contributed by atoms with Crippen LogP contribution >= 0.6 is 11.6 Å². The van der Waals surface area contributed by atoms with E-state index in [4.69, 9.17) is 16.3 Å². The van der Waals surface area contributed by atoms with Crippen LogP contribution in [0.4, 0.5) is 0 Å². The van der Waals surface area contributed by atoms with Crippen molar-refractivity contribution >= 4 is 22.6 Å². The molecule has 0 radical (unpaired) electrons. The number of rotatable bonds is 6. The average Bonchev–Trinajstić information content (AvgIpc) is 3.04. The molecule has 0 aliphatic rings. The van der Waals surface area contributed by atoms with Gasteiger partial charge in [0, 0.05) is 12.6 Å². The molecule has 4 rings (SSSR count). The fourth-order valence-corrected chi connectivity index (χ4v) is 3.30. The van der Waals surface area contributed by atoms with Crippen LogP contribution in [-0.4, -0.2) is 14.7 Å². The Balaban J connectivity index is 1.69. The second kappa shape index (κ2) is 7.82. The van der Waals surface area contributed by atoms with E-state index in [0.29, 0.717) is 29.7 Å². The molecule has 0 fully saturated rings. The Kier molecular flexibility index (Phi) is 5.10. The van der Waals surface area contributed by atoms with Crippen molar-refractivity contribution in [3.05, 3.63) is 94.8 Å². The molecule has 0 amide bonds. The number of halogens is 1. The van der Waals surface area contributed by atoms with Gasteiger partial charge in [0.1, 0.15) is 24.8 Å². The zero-order valence-electron chi connectivity index (χ0n) is 14.7. The number of nitrogens with zero attached hydrogens (tertiary/aromatic N) is 2. The van der Waals surface area contributed by atoms with Crippen molar-refractivity contribution in [2.24, 2.45) is 0 Å². The first-order chi connectivity index (χ1) is 13.2. The summed E-state index contributed by atoms with van der Waals surface area (Å²) < 4.78 is 7.94. The van der Waals surface area contributed by atoms with E-state index in [-0.39, 0.29) is 6.61 Å². The van der Waals surface area contributed by atoms with Gasteiger partial charge in [-0.2, -0.15) is 0 Å².